The van der Waals surface area contributed by atoms with Crippen molar-refractivity contribution in [1.82, 2.24) is 0 Å². The maximum atomic E-state index is 13.5. The van der Waals surface area contributed by atoms with Crippen molar-refractivity contribution in [3.05, 3.63) is 179 Å². The van der Waals surface area contributed by atoms with Gasteiger partial charge in [-0.1, -0.05) is 140 Å². The van der Waals surface area contributed by atoms with Crippen LogP contribution in [-0.4, -0.2) is 43.8 Å². The number of hydrogen-bond donors (Lipinski definition) is 0. The molecule has 0 fully saturated rings. The molecular weight excluding hydrogens is 616 g/mol. The average molecular weight is 661 g/mol. The second kappa shape index (κ2) is 20.0. The molecule has 0 aromatic heterocycles. The largest absolute Gasteiger partial charge is 0.429 e. The summed E-state index contributed by atoms with van der Waals surface area (Å²) in [6.45, 7) is 3.59. The van der Waals surface area contributed by atoms with Crippen LogP contribution in [0, 0.1) is 0 Å². The van der Waals surface area contributed by atoms with E-state index >= 15 is 0 Å². The Bertz CT molecular complexity index is 1600. The Morgan fingerprint density at radius 3 is 1.35 bits per heavy atom. The minimum Gasteiger partial charge on any atom is -0.429 e. The molecule has 0 aliphatic rings. The number of benzene rings is 5. The zero-order valence-corrected chi connectivity index (χ0v) is 27.8. The average Bonchev–Trinajstić information content (AvgIpc) is 3.16. The van der Waals surface area contributed by atoms with Gasteiger partial charge in [0.1, 0.15) is 12.2 Å². The number of esters is 1. The molecule has 0 saturated carbocycles. The number of rotatable bonds is 20. The van der Waals surface area contributed by atoms with Gasteiger partial charge in [-0.05, 0) is 41.3 Å². The van der Waals surface area contributed by atoms with Crippen molar-refractivity contribution in [2.75, 3.05) is 13.2 Å². The van der Waals surface area contributed by atoms with Crippen LogP contribution in [-0.2, 0) is 54.8 Å². The highest BCUT2D eigenvalue weighted by Crippen LogP contribution is 2.20. The summed E-state index contributed by atoms with van der Waals surface area (Å²) in [7, 11) is 0. The minimum atomic E-state index is -1.15. The van der Waals surface area contributed by atoms with E-state index in [-0.39, 0.29) is 19.8 Å². The lowest BCUT2D eigenvalue weighted by Crippen LogP contribution is -2.45. The Balaban J connectivity index is 1.38. The van der Waals surface area contributed by atoms with E-state index in [0.29, 0.717) is 25.4 Å². The van der Waals surface area contributed by atoms with Gasteiger partial charge in [-0.25, -0.2) is 4.79 Å². The molecule has 5 aromatic rings. The molecule has 254 valence electrons. The molecule has 0 bridgehead atoms. The van der Waals surface area contributed by atoms with Gasteiger partial charge in [0.05, 0.1) is 51.3 Å². The van der Waals surface area contributed by atoms with E-state index in [4.69, 9.17) is 28.4 Å². The molecule has 7 nitrogen and oxygen atoms in total. The maximum absolute atomic E-state index is 13.5. The summed E-state index contributed by atoms with van der Waals surface area (Å²) < 4.78 is 37.9. The lowest BCUT2D eigenvalue weighted by molar-refractivity contribution is -0.241. The Hall–Kier alpha value is -4.63. The fraction of sp³-hybridized carbons (Fsp3) is 0.262. The van der Waals surface area contributed by atoms with Gasteiger partial charge in [0, 0.05) is 0 Å². The van der Waals surface area contributed by atoms with Crippen molar-refractivity contribution in [1.29, 1.82) is 0 Å². The second-order valence-corrected chi connectivity index (χ2v) is 11.7. The van der Waals surface area contributed by atoms with Gasteiger partial charge in [0.25, 0.3) is 0 Å². The highest BCUT2D eigenvalue weighted by molar-refractivity contribution is 5.89. The first-order valence-corrected chi connectivity index (χ1v) is 16.6. The van der Waals surface area contributed by atoms with Gasteiger partial charge >= 0.3 is 5.97 Å². The summed E-state index contributed by atoms with van der Waals surface area (Å²) >= 11 is 0. The summed E-state index contributed by atoms with van der Waals surface area (Å²) in [6.07, 6.45) is -3.00. The van der Waals surface area contributed by atoms with Crippen LogP contribution < -0.4 is 0 Å². The predicted molar refractivity (Wildman–Crippen MR) is 188 cm³/mol. The lowest BCUT2D eigenvalue weighted by atomic mass is 10.2. The van der Waals surface area contributed by atoms with Crippen LogP contribution in [0.15, 0.2) is 152 Å². The first kappa shape index (κ1) is 35.7. The summed E-state index contributed by atoms with van der Waals surface area (Å²) in [5, 5.41) is 0. The highest BCUT2D eigenvalue weighted by Gasteiger charge is 2.33. The Kier molecular flexibility index (Phi) is 14.6. The van der Waals surface area contributed by atoms with Crippen molar-refractivity contribution < 1.29 is 33.2 Å². The fourth-order valence-electron chi connectivity index (χ4n) is 5.02. The first-order valence-electron chi connectivity index (χ1n) is 16.6. The van der Waals surface area contributed by atoms with E-state index in [0.717, 1.165) is 22.3 Å². The van der Waals surface area contributed by atoms with Gasteiger partial charge in [0.15, 0.2) is 0 Å². The second-order valence-electron chi connectivity index (χ2n) is 11.7. The molecule has 0 radical (unpaired) electrons. The van der Waals surface area contributed by atoms with Crippen LogP contribution in [0.5, 0.6) is 0 Å². The topological polar surface area (TPSA) is 72.5 Å². The summed E-state index contributed by atoms with van der Waals surface area (Å²) in [5.41, 5.74) is 4.44. The summed E-state index contributed by atoms with van der Waals surface area (Å²) in [4.78, 5) is 13.5. The summed E-state index contributed by atoms with van der Waals surface area (Å²) in [6, 6.07) is 48.4. The number of carbonyl (C=O) groups is 1. The molecule has 0 N–H and O–H groups in total. The van der Waals surface area contributed by atoms with E-state index in [9.17, 15) is 4.79 Å². The predicted octanol–water partition coefficient (Wildman–Crippen LogP) is 8.18. The Morgan fingerprint density at radius 1 is 0.490 bits per heavy atom. The van der Waals surface area contributed by atoms with Crippen LogP contribution in [0.2, 0.25) is 0 Å². The fourth-order valence-corrected chi connectivity index (χ4v) is 5.02. The molecule has 49 heavy (non-hydrogen) atoms. The van der Waals surface area contributed by atoms with Crippen LogP contribution in [0.25, 0.3) is 0 Å². The van der Waals surface area contributed by atoms with Crippen LogP contribution >= 0.6 is 0 Å². The van der Waals surface area contributed by atoms with E-state index in [1.165, 1.54) is 0 Å². The number of hydrogen-bond acceptors (Lipinski definition) is 7. The van der Waals surface area contributed by atoms with E-state index in [1.807, 2.05) is 134 Å². The molecule has 5 aromatic carbocycles. The first-order chi connectivity index (χ1) is 24.1. The van der Waals surface area contributed by atoms with Crippen molar-refractivity contribution in [3.8, 4) is 0 Å². The summed E-state index contributed by atoms with van der Waals surface area (Å²) in [5.74, 6) is -0.538. The van der Waals surface area contributed by atoms with Gasteiger partial charge in [-0.2, -0.15) is 0 Å². The molecule has 5 rings (SSSR count). The number of carbonyl (C=O) groups excluding carboxylic acids is 1. The molecule has 7 heteroatoms. The van der Waals surface area contributed by atoms with Gasteiger partial charge in [-0.3, -0.25) is 0 Å². The Labute approximate surface area is 289 Å². The van der Waals surface area contributed by atoms with Gasteiger partial charge in [0.2, 0.25) is 6.29 Å². The van der Waals surface area contributed by atoms with E-state index in [1.54, 1.807) is 24.3 Å². The SMILES string of the molecule is C[C@@H](OCc1ccccc1)C(COCc1ccccc1)O[C@@H](OC(=O)c1ccccc1)[C@H](COCc1ccccc1)OCc1ccccc1. The minimum absolute atomic E-state index is 0.102. The highest BCUT2D eigenvalue weighted by atomic mass is 16.7. The lowest BCUT2D eigenvalue weighted by Gasteiger charge is -2.33. The molecule has 0 heterocycles. The van der Waals surface area contributed by atoms with Gasteiger partial charge < -0.3 is 28.4 Å². The van der Waals surface area contributed by atoms with E-state index < -0.39 is 30.6 Å². The third-order valence-corrected chi connectivity index (χ3v) is 7.82. The van der Waals surface area contributed by atoms with Crippen LogP contribution in [0.1, 0.15) is 39.5 Å². The smallest absolute Gasteiger partial charge is 0.340 e. The molecule has 0 saturated heterocycles. The number of ether oxygens (including phenoxy) is 6. The van der Waals surface area contributed by atoms with Crippen molar-refractivity contribution >= 4 is 5.97 Å². The molecule has 4 atom stereocenters. The zero-order valence-electron chi connectivity index (χ0n) is 27.8. The molecule has 1 unspecified atom stereocenters. The molecule has 0 amide bonds. The molecule has 0 spiro atoms. The zero-order chi connectivity index (χ0) is 33.9. The van der Waals surface area contributed by atoms with Gasteiger partial charge in [-0.15, -0.1) is 0 Å². The standard InChI is InChI=1S/C42H44O7/c1-33(46-29-36-21-11-4-12-22-36)39(31-44-27-34-17-7-2-8-18-34)48-42(49-41(43)38-25-15-6-16-26-38)40(47-30-37-23-13-5-14-24-37)32-45-28-35-19-9-3-10-20-35/h2-26,33,39-40,42H,27-32H2,1H3/t33-,39?,40+,42+/m1/s1. The quantitative estimate of drug-likeness (QED) is 0.0616. The Morgan fingerprint density at radius 2 is 0.878 bits per heavy atom. The van der Waals surface area contributed by atoms with Crippen molar-refractivity contribution in [2.24, 2.45) is 0 Å². The third kappa shape index (κ3) is 12.4. The third-order valence-electron chi connectivity index (χ3n) is 7.82. The van der Waals surface area contributed by atoms with Crippen molar-refractivity contribution in [2.45, 2.75) is 58.0 Å². The van der Waals surface area contributed by atoms with Crippen LogP contribution in [0.3, 0.4) is 0 Å². The molecular formula is C42H44O7. The van der Waals surface area contributed by atoms with Crippen molar-refractivity contribution in [3.63, 3.8) is 0 Å². The molecule has 0 aliphatic carbocycles. The van der Waals surface area contributed by atoms with Crippen LogP contribution in [0.4, 0.5) is 0 Å². The maximum Gasteiger partial charge on any atom is 0.340 e. The normalized spacial score (nSPS) is 13.7. The monoisotopic (exact) mass is 660 g/mol. The molecule has 0 aliphatic heterocycles. The van der Waals surface area contributed by atoms with E-state index in [2.05, 4.69) is 0 Å².